The van der Waals surface area contributed by atoms with Crippen LogP contribution in [-0.4, -0.2) is 26.4 Å². The van der Waals surface area contributed by atoms with Gasteiger partial charge < -0.3 is 9.88 Å². The van der Waals surface area contributed by atoms with Crippen molar-refractivity contribution in [2.24, 2.45) is 7.05 Å². The predicted octanol–water partition coefficient (Wildman–Crippen LogP) is 3.37. The highest BCUT2D eigenvalue weighted by Crippen LogP contribution is 2.21. The van der Waals surface area contributed by atoms with Crippen molar-refractivity contribution >= 4 is 23.4 Å². The molecule has 5 nitrogen and oxygen atoms in total. The fourth-order valence-corrected chi connectivity index (χ4v) is 2.73. The number of aryl methyl sites for hydroxylation is 1. The molecule has 1 aromatic carbocycles. The summed E-state index contributed by atoms with van der Waals surface area (Å²) in [4.78, 5) is 12.0. The second-order valence-electron chi connectivity index (χ2n) is 5.36. The van der Waals surface area contributed by atoms with Crippen molar-refractivity contribution in [3.63, 3.8) is 0 Å². The molecule has 2 rings (SSSR count). The van der Waals surface area contributed by atoms with Gasteiger partial charge in [0, 0.05) is 12.7 Å². The number of benzene rings is 1. The predicted molar refractivity (Wildman–Crippen MR) is 90.2 cm³/mol. The lowest BCUT2D eigenvalue weighted by molar-refractivity contribution is -0.113. The van der Waals surface area contributed by atoms with Gasteiger partial charge in [0.25, 0.3) is 0 Å². The average molecular weight is 318 g/mol. The monoisotopic (exact) mass is 318 g/mol. The van der Waals surface area contributed by atoms with Gasteiger partial charge in [-0.05, 0) is 37.0 Å². The van der Waals surface area contributed by atoms with Crippen LogP contribution in [0.5, 0.6) is 0 Å². The lowest BCUT2D eigenvalue weighted by Crippen LogP contribution is -2.14. The van der Waals surface area contributed by atoms with E-state index in [1.165, 1.54) is 17.3 Å². The Labute approximate surface area is 135 Å². The van der Waals surface area contributed by atoms with Crippen molar-refractivity contribution < 1.29 is 4.79 Å². The quantitative estimate of drug-likeness (QED) is 0.830. The second-order valence-corrected chi connectivity index (χ2v) is 6.30. The molecule has 0 aliphatic rings. The summed E-state index contributed by atoms with van der Waals surface area (Å²) in [5.41, 5.74) is 2.12. The maximum atomic E-state index is 12.0. The third-order valence-electron chi connectivity index (χ3n) is 3.76. The summed E-state index contributed by atoms with van der Waals surface area (Å²) >= 11 is 1.38. The first-order chi connectivity index (χ1) is 10.5. The minimum absolute atomic E-state index is 0.0399. The van der Waals surface area contributed by atoms with Crippen LogP contribution in [0.1, 0.15) is 37.6 Å². The molecule has 1 aromatic heterocycles. The molecular weight excluding hydrogens is 296 g/mol. The summed E-state index contributed by atoms with van der Waals surface area (Å²) in [6.45, 7) is 6.26. The van der Waals surface area contributed by atoms with Crippen molar-refractivity contribution in [2.75, 3.05) is 11.1 Å². The molecule has 1 heterocycles. The normalized spacial score (nSPS) is 12.2. The SMILES string of the molecule is CCC(C)c1ccc(NC(=O)CSc2nnc(C)n2C)cc1. The van der Waals surface area contributed by atoms with Gasteiger partial charge in [0.05, 0.1) is 5.75 Å². The number of aromatic nitrogens is 3. The van der Waals surface area contributed by atoms with Crippen LogP contribution in [0.3, 0.4) is 0 Å². The van der Waals surface area contributed by atoms with Crippen LogP contribution < -0.4 is 5.32 Å². The molecule has 0 saturated heterocycles. The summed E-state index contributed by atoms with van der Waals surface area (Å²) in [6, 6.07) is 8.05. The van der Waals surface area contributed by atoms with E-state index in [0.29, 0.717) is 11.7 Å². The maximum absolute atomic E-state index is 12.0. The first kappa shape index (κ1) is 16.5. The highest BCUT2D eigenvalue weighted by Gasteiger charge is 2.09. The van der Waals surface area contributed by atoms with Gasteiger partial charge in [-0.15, -0.1) is 10.2 Å². The van der Waals surface area contributed by atoms with Gasteiger partial charge in [0.2, 0.25) is 5.91 Å². The van der Waals surface area contributed by atoms with Crippen molar-refractivity contribution in [3.05, 3.63) is 35.7 Å². The summed E-state index contributed by atoms with van der Waals surface area (Å²) < 4.78 is 1.87. The number of nitrogens with zero attached hydrogens (tertiary/aromatic N) is 3. The van der Waals surface area contributed by atoms with Crippen LogP contribution in [0, 0.1) is 6.92 Å². The first-order valence-corrected chi connectivity index (χ1v) is 8.38. The number of hydrogen-bond acceptors (Lipinski definition) is 4. The zero-order valence-corrected chi connectivity index (χ0v) is 14.3. The Morgan fingerprint density at radius 1 is 1.32 bits per heavy atom. The molecule has 0 aliphatic carbocycles. The van der Waals surface area contributed by atoms with Crippen LogP contribution in [0.4, 0.5) is 5.69 Å². The number of thioether (sulfide) groups is 1. The van der Waals surface area contributed by atoms with Gasteiger partial charge >= 0.3 is 0 Å². The Balaban J connectivity index is 1.88. The average Bonchev–Trinajstić information content (AvgIpc) is 2.84. The second kappa shape index (κ2) is 7.45. The molecule has 0 bridgehead atoms. The van der Waals surface area contributed by atoms with Crippen molar-refractivity contribution in [2.45, 2.75) is 38.3 Å². The van der Waals surface area contributed by atoms with Crippen LogP contribution in [0.2, 0.25) is 0 Å². The van der Waals surface area contributed by atoms with Gasteiger partial charge in [-0.1, -0.05) is 37.7 Å². The third kappa shape index (κ3) is 4.10. The molecule has 1 atom stereocenters. The maximum Gasteiger partial charge on any atom is 0.234 e. The zero-order chi connectivity index (χ0) is 16.1. The minimum atomic E-state index is -0.0399. The van der Waals surface area contributed by atoms with Crippen molar-refractivity contribution in [3.8, 4) is 0 Å². The van der Waals surface area contributed by atoms with E-state index in [4.69, 9.17) is 0 Å². The smallest absolute Gasteiger partial charge is 0.234 e. The summed E-state index contributed by atoms with van der Waals surface area (Å²) in [5.74, 6) is 1.66. The fourth-order valence-electron chi connectivity index (χ4n) is 1.97. The number of nitrogens with one attached hydrogen (secondary N) is 1. The molecule has 0 radical (unpaired) electrons. The van der Waals surface area contributed by atoms with E-state index in [1.807, 2.05) is 30.7 Å². The number of carbonyl (C=O) groups is 1. The Kier molecular flexibility index (Phi) is 5.60. The molecule has 1 unspecified atom stereocenters. The molecule has 0 saturated carbocycles. The summed E-state index contributed by atoms with van der Waals surface area (Å²) in [5, 5.41) is 11.7. The number of anilines is 1. The van der Waals surface area contributed by atoms with E-state index in [-0.39, 0.29) is 5.91 Å². The molecular formula is C16H22N4OS. The molecule has 118 valence electrons. The van der Waals surface area contributed by atoms with Crippen molar-refractivity contribution in [1.82, 2.24) is 14.8 Å². The molecule has 6 heteroatoms. The molecule has 0 aliphatic heterocycles. The Bertz CT molecular complexity index is 636. The molecule has 1 N–H and O–H groups in total. The van der Waals surface area contributed by atoms with Crippen LogP contribution in [0.25, 0.3) is 0 Å². The Morgan fingerprint density at radius 3 is 2.55 bits per heavy atom. The van der Waals surface area contributed by atoms with Gasteiger partial charge in [-0.25, -0.2) is 0 Å². The largest absolute Gasteiger partial charge is 0.325 e. The van der Waals surface area contributed by atoms with E-state index in [9.17, 15) is 4.79 Å². The lowest BCUT2D eigenvalue weighted by Gasteiger charge is -2.10. The molecule has 1 amide bonds. The molecule has 22 heavy (non-hydrogen) atoms. The van der Waals surface area contributed by atoms with E-state index in [2.05, 4.69) is 41.5 Å². The van der Waals surface area contributed by atoms with Gasteiger partial charge in [0.15, 0.2) is 5.16 Å². The Morgan fingerprint density at radius 2 is 2.00 bits per heavy atom. The highest BCUT2D eigenvalue weighted by atomic mass is 32.2. The van der Waals surface area contributed by atoms with Crippen molar-refractivity contribution in [1.29, 1.82) is 0 Å². The summed E-state index contributed by atoms with van der Waals surface area (Å²) in [6.07, 6.45) is 1.11. The van der Waals surface area contributed by atoms with Crippen LogP contribution in [0.15, 0.2) is 29.4 Å². The highest BCUT2D eigenvalue weighted by molar-refractivity contribution is 7.99. The van der Waals surface area contributed by atoms with E-state index in [0.717, 1.165) is 23.1 Å². The standard InChI is InChI=1S/C16H22N4OS/c1-5-11(2)13-6-8-14(9-7-13)17-15(21)10-22-16-19-18-12(3)20(16)4/h6-9,11H,5,10H2,1-4H3,(H,17,21). The summed E-state index contributed by atoms with van der Waals surface area (Å²) in [7, 11) is 1.89. The zero-order valence-electron chi connectivity index (χ0n) is 13.5. The van der Waals surface area contributed by atoms with E-state index in [1.54, 1.807) is 0 Å². The van der Waals surface area contributed by atoms with E-state index < -0.39 is 0 Å². The Hall–Kier alpha value is -1.82. The molecule has 0 spiro atoms. The third-order valence-corrected chi connectivity index (χ3v) is 4.78. The number of amides is 1. The number of carbonyl (C=O) groups excluding carboxylic acids is 1. The first-order valence-electron chi connectivity index (χ1n) is 7.39. The number of rotatable bonds is 6. The minimum Gasteiger partial charge on any atom is -0.325 e. The molecule has 0 fully saturated rings. The molecule has 2 aromatic rings. The topological polar surface area (TPSA) is 59.8 Å². The van der Waals surface area contributed by atoms with Gasteiger partial charge in [-0.3, -0.25) is 4.79 Å². The van der Waals surface area contributed by atoms with Gasteiger partial charge in [-0.2, -0.15) is 0 Å². The van der Waals surface area contributed by atoms with Crippen LogP contribution in [-0.2, 0) is 11.8 Å². The van der Waals surface area contributed by atoms with Gasteiger partial charge in [0.1, 0.15) is 5.82 Å². The number of hydrogen-bond donors (Lipinski definition) is 1. The van der Waals surface area contributed by atoms with E-state index >= 15 is 0 Å². The fraction of sp³-hybridized carbons (Fsp3) is 0.438. The lowest BCUT2D eigenvalue weighted by atomic mass is 9.99. The van der Waals surface area contributed by atoms with Crippen LogP contribution >= 0.6 is 11.8 Å².